The molecule has 1 N–H and O–H groups in total. The Morgan fingerprint density at radius 3 is 2.75 bits per heavy atom. The molecule has 0 amide bonds. The van der Waals surface area contributed by atoms with Crippen LogP contribution in [0.2, 0.25) is 0 Å². The van der Waals surface area contributed by atoms with E-state index in [-0.39, 0.29) is 0 Å². The molecule has 0 saturated heterocycles. The second kappa shape index (κ2) is 3.92. The highest BCUT2D eigenvalue weighted by molar-refractivity contribution is 5.14. The van der Waals surface area contributed by atoms with Gasteiger partial charge in [-0.15, -0.1) is 0 Å². The first kappa shape index (κ1) is 10.4. The largest absolute Gasteiger partial charge is 0.468 e. The van der Waals surface area contributed by atoms with Gasteiger partial charge in [-0.05, 0) is 55.6 Å². The van der Waals surface area contributed by atoms with Crippen LogP contribution in [0.4, 0.5) is 0 Å². The van der Waals surface area contributed by atoms with Crippen LogP contribution in [0, 0.1) is 18.3 Å². The number of nitrogens with one attached hydrogen (secondary N) is 1. The average Bonchev–Trinajstić information content (AvgIpc) is 2.97. The summed E-state index contributed by atoms with van der Waals surface area (Å²) in [5, 5.41) is 3.60. The van der Waals surface area contributed by atoms with Gasteiger partial charge in [-0.2, -0.15) is 0 Å². The lowest BCUT2D eigenvalue weighted by Gasteiger charge is -2.42. The highest BCUT2D eigenvalue weighted by Gasteiger charge is 2.48. The molecule has 2 heteroatoms. The van der Waals surface area contributed by atoms with E-state index in [0.29, 0.717) is 5.41 Å². The Balaban J connectivity index is 1.51. The van der Waals surface area contributed by atoms with Gasteiger partial charge < -0.3 is 9.73 Å². The van der Waals surface area contributed by atoms with Crippen LogP contribution in [-0.4, -0.2) is 6.54 Å². The van der Waals surface area contributed by atoms with E-state index in [1.807, 2.05) is 6.07 Å². The maximum atomic E-state index is 5.44. The molecular formula is C14H21NO. The van der Waals surface area contributed by atoms with Crippen LogP contribution in [0.1, 0.15) is 43.4 Å². The Morgan fingerprint density at radius 1 is 1.44 bits per heavy atom. The lowest BCUT2D eigenvalue weighted by molar-refractivity contribution is 0.0979. The third-order valence-electron chi connectivity index (χ3n) is 4.52. The number of rotatable bonds is 5. The molecule has 0 radical (unpaired) electrons. The maximum Gasteiger partial charge on any atom is 0.120 e. The molecule has 0 atom stereocenters. The third kappa shape index (κ3) is 1.80. The number of hydrogen-bond acceptors (Lipinski definition) is 2. The van der Waals surface area contributed by atoms with E-state index in [0.717, 1.165) is 18.2 Å². The van der Waals surface area contributed by atoms with E-state index in [2.05, 4.69) is 12.2 Å². The fourth-order valence-electron chi connectivity index (χ4n) is 3.07. The van der Waals surface area contributed by atoms with Gasteiger partial charge in [0.1, 0.15) is 5.76 Å². The van der Waals surface area contributed by atoms with Crippen molar-refractivity contribution in [2.45, 2.75) is 45.6 Å². The predicted octanol–water partition coefficient (Wildman–Crippen LogP) is 3.26. The zero-order valence-electron chi connectivity index (χ0n) is 10.1. The zero-order chi connectivity index (χ0) is 11.0. The molecule has 2 fully saturated rings. The molecule has 1 aromatic heterocycles. The van der Waals surface area contributed by atoms with E-state index in [4.69, 9.17) is 4.42 Å². The molecule has 0 aromatic carbocycles. The van der Waals surface area contributed by atoms with E-state index in [1.165, 1.54) is 44.2 Å². The van der Waals surface area contributed by atoms with Crippen LogP contribution in [-0.2, 0) is 6.54 Å². The van der Waals surface area contributed by atoms with E-state index in [1.54, 1.807) is 6.26 Å². The van der Waals surface area contributed by atoms with Crippen molar-refractivity contribution in [1.29, 1.82) is 0 Å². The number of hydrogen-bond donors (Lipinski definition) is 1. The van der Waals surface area contributed by atoms with Crippen LogP contribution in [0.3, 0.4) is 0 Å². The summed E-state index contributed by atoms with van der Waals surface area (Å²) in [5.74, 6) is 2.14. The second-order valence-corrected chi connectivity index (χ2v) is 5.62. The number of furan rings is 1. The topological polar surface area (TPSA) is 25.2 Å². The molecular weight excluding hydrogens is 198 g/mol. The molecule has 1 aromatic rings. The molecule has 2 aliphatic rings. The molecule has 0 spiro atoms. The van der Waals surface area contributed by atoms with Crippen molar-refractivity contribution < 1.29 is 4.42 Å². The van der Waals surface area contributed by atoms with Crippen LogP contribution in [0.15, 0.2) is 16.7 Å². The lowest BCUT2D eigenvalue weighted by atomic mass is 9.65. The van der Waals surface area contributed by atoms with Crippen molar-refractivity contribution in [3.05, 3.63) is 23.7 Å². The van der Waals surface area contributed by atoms with Crippen molar-refractivity contribution >= 4 is 0 Å². The second-order valence-electron chi connectivity index (χ2n) is 5.62. The molecule has 0 aliphatic heterocycles. The van der Waals surface area contributed by atoms with Gasteiger partial charge >= 0.3 is 0 Å². The molecule has 2 saturated carbocycles. The standard InChI is InChI=1S/C14H21NO/c1-11-5-8-16-13(11)9-15-10-14(6-2-7-14)12-3-4-12/h5,8,12,15H,2-4,6-7,9-10H2,1H3. The van der Waals surface area contributed by atoms with E-state index < -0.39 is 0 Å². The molecule has 2 nitrogen and oxygen atoms in total. The first-order chi connectivity index (χ1) is 7.80. The summed E-state index contributed by atoms with van der Waals surface area (Å²) in [6, 6.07) is 2.04. The van der Waals surface area contributed by atoms with Gasteiger partial charge in [0.05, 0.1) is 12.8 Å². The third-order valence-corrected chi connectivity index (χ3v) is 4.52. The summed E-state index contributed by atoms with van der Waals surface area (Å²) in [5.41, 5.74) is 1.93. The SMILES string of the molecule is Cc1ccoc1CNCC1(C2CC2)CCC1. The van der Waals surface area contributed by atoms with Gasteiger partial charge in [-0.1, -0.05) is 6.42 Å². The summed E-state index contributed by atoms with van der Waals surface area (Å²) < 4.78 is 5.44. The molecule has 88 valence electrons. The Bertz CT molecular complexity index is 361. The molecule has 0 unspecified atom stereocenters. The summed E-state index contributed by atoms with van der Waals surface area (Å²) in [6.45, 7) is 4.20. The Hall–Kier alpha value is -0.760. The van der Waals surface area contributed by atoms with Crippen molar-refractivity contribution in [3.63, 3.8) is 0 Å². The molecule has 3 rings (SSSR count). The quantitative estimate of drug-likeness (QED) is 0.822. The van der Waals surface area contributed by atoms with Crippen molar-refractivity contribution in [1.82, 2.24) is 5.32 Å². The summed E-state index contributed by atoms with van der Waals surface area (Å²) in [4.78, 5) is 0. The van der Waals surface area contributed by atoms with Crippen LogP contribution < -0.4 is 5.32 Å². The average molecular weight is 219 g/mol. The molecule has 16 heavy (non-hydrogen) atoms. The minimum absolute atomic E-state index is 0.667. The molecule has 1 heterocycles. The Kier molecular flexibility index (Phi) is 2.55. The lowest BCUT2D eigenvalue weighted by Crippen LogP contribution is -2.41. The highest BCUT2D eigenvalue weighted by atomic mass is 16.3. The summed E-state index contributed by atoms with van der Waals surface area (Å²) >= 11 is 0. The minimum Gasteiger partial charge on any atom is -0.468 e. The van der Waals surface area contributed by atoms with Gasteiger partial charge in [0, 0.05) is 6.54 Å². The van der Waals surface area contributed by atoms with Crippen molar-refractivity contribution in [2.24, 2.45) is 11.3 Å². The van der Waals surface area contributed by atoms with Crippen LogP contribution in [0.5, 0.6) is 0 Å². The predicted molar refractivity (Wildman–Crippen MR) is 64.2 cm³/mol. The fraction of sp³-hybridized carbons (Fsp3) is 0.714. The highest BCUT2D eigenvalue weighted by Crippen LogP contribution is 2.56. The fourth-order valence-corrected chi connectivity index (χ4v) is 3.07. The maximum absolute atomic E-state index is 5.44. The Labute approximate surface area is 97.4 Å². The van der Waals surface area contributed by atoms with Gasteiger partial charge in [0.15, 0.2) is 0 Å². The normalized spacial score (nSPS) is 23.1. The smallest absolute Gasteiger partial charge is 0.120 e. The van der Waals surface area contributed by atoms with E-state index >= 15 is 0 Å². The van der Waals surface area contributed by atoms with Gasteiger partial charge in [0.25, 0.3) is 0 Å². The van der Waals surface area contributed by atoms with Crippen molar-refractivity contribution in [3.8, 4) is 0 Å². The summed E-state index contributed by atoms with van der Waals surface area (Å²) in [6.07, 6.45) is 9.07. The Morgan fingerprint density at radius 2 is 2.25 bits per heavy atom. The van der Waals surface area contributed by atoms with Gasteiger partial charge in [-0.3, -0.25) is 0 Å². The van der Waals surface area contributed by atoms with Gasteiger partial charge in [0.2, 0.25) is 0 Å². The van der Waals surface area contributed by atoms with E-state index in [9.17, 15) is 0 Å². The first-order valence-corrected chi connectivity index (χ1v) is 6.54. The van der Waals surface area contributed by atoms with Crippen LogP contribution in [0.25, 0.3) is 0 Å². The molecule has 2 aliphatic carbocycles. The zero-order valence-corrected chi connectivity index (χ0v) is 10.1. The molecule has 0 bridgehead atoms. The first-order valence-electron chi connectivity index (χ1n) is 6.54. The summed E-state index contributed by atoms with van der Waals surface area (Å²) in [7, 11) is 0. The monoisotopic (exact) mass is 219 g/mol. The van der Waals surface area contributed by atoms with Gasteiger partial charge in [-0.25, -0.2) is 0 Å². The minimum atomic E-state index is 0.667. The van der Waals surface area contributed by atoms with Crippen molar-refractivity contribution in [2.75, 3.05) is 6.54 Å². The van der Waals surface area contributed by atoms with Crippen LogP contribution >= 0.6 is 0 Å². The number of aryl methyl sites for hydroxylation is 1.